The topological polar surface area (TPSA) is 36.5 Å². The van der Waals surface area contributed by atoms with Crippen molar-refractivity contribution < 1.29 is 4.74 Å². The first kappa shape index (κ1) is 18.4. The third-order valence-electron chi connectivity index (χ3n) is 4.23. The van der Waals surface area contributed by atoms with Crippen LogP contribution < -0.4 is 10.6 Å². The fraction of sp³-hybridized carbons (Fsp3) is 0.684. The predicted octanol–water partition coefficient (Wildman–Crippen LogP) is 2.32. The molecule has 4 nitrogen and oxygen atoms in total. The van der Waals surface area contributed by atoms with Crippen LogP contribution in [0.5, 0.6) is 0 Å². The Bertz CT molecular complexity index is 418. The lowest BCUT2D eigenvalue weighted by Gasteiger charge is -2.33. The minimum Gasteiger partial charge on any atom is -0.363 e. The average Bonchev–Trinajstić information content (AvgIpc) is 2.56. The molecule has 0 aromatic heterocycles. The van der Waals surface area contributed by atoms with Gasteiger partial charge in [0, 0.05) is 45.2 Å². The first-order valence-corrected chi connectivity index (χ1v) is 8.97. The number of rotatable bonds is 9. The van der Waals surface area contributed by atoms with Crippen molar-refractivity contribution in [2.24, 2.45) is 11.8 Å². The fourth-order valence-electron chi connectivity index (χ4n) is 2.93. The largest absolute Gasteiger partial charge is 0.363 e. The van der Waals surface area contributed by atoms with Crippen LogP contribution in [-0.4, -0.2) is 50.5 Å². The van der Waals surface area contributed by atoms with E-state index in [0.717, 1.165) is 45.9 Å². The number of ether oxygens (including phenoxy) is 1. The first-order chi connectivity index (χ1) is 11.1. The van der Waals surface area contributed by atoms with E-state index in [0.29, 0.717) is 11.8 Å². The molecule has 1 saturated heterocycles. The molecule has 0 aliphatic carbocycles. The molecule has 0 radical (unpaired) electrons. The monoisotopic (exact) mass is 319 g/mol. The van der Waals surface area contributed by atoms with Crippen LogP contribution in [0.2, 0.25) is 0 Å². The molecule has 1 aromatic rings. The van der Waals surface area contributed by atoms with Crippen molar-refractivity contribution in [3.63, 3.8) is 0 Å². The Morgan fingerprint density at radius 1 is 1.13 bits per heavy atom. The molecule has 2 N–H and O–H groups in total. The van der Waals surface area contributed by atoms with Crippen LogP contribution in [0, 0.1) is 11.8 Å². The van der Waals surface area contributed by atoms with Crippen molar-refractivity contribution in [1.82, 2.24) is 15.5 Å². The van der Waals surface area contributed by atoms with Gasteiger partial charge in [0.05, 0.1) is 6.61 Å². The molecule has 23 heavy (non-hydrogen) atoms. The van der Waals surface area contributed by atoms with Gasteiger partial charge in [0.2, 0.25) is 0 Å². The van der Waals surface area contributed by atoms with E-state index in [-0.39, 0.29) is 6.23 Å². The molecule has 0 amide bonds. The smallest absolute Gasteiger partial charge is 0.112 e. The lowest BCUT2D eigenvalue weighted by Crippen LogP contribution is -2.48. The van der Waals surface area contributed by atoms with Crippen LogP contribution in [0.3, 0.4) is 0 Å². The number of nitrogens with zero attached hydrogens (tertiary/aromatic N) is 1. The van der Waals surface area contributed by atoms with Gasteiger partial charge in [0.15, 0.2) is 0 Å². The molecular formula is C19H33N3O. The summed E-state index contributed by atoms with van der Waals surface area (Å²) < 4.78 is 6.18. The van der Waals surface area contributed by atoms with Crippen molar-refractivity contribution in [2.75, 3.05) is 39.3 Å². The normalized spacial score (nSPS) is 19.0. The third-order valence-corrected chi connectivity index (χ3v) is 4.23. The van der Waals surface area contributed by atoms with Gasteiger partial charge in [-0.05, 0) is 11.5 Å². The zero-order chi connectivity index (χ0) is 16.5. The van der Waals surface area contributed by atoms with Crippen LogP contribution in [0.25, 0.3) is 0 Å². The lowest BCUT2D eigenvalue weighted by atomic mass is 10.1. The van der Waals surface area contributed by atoms with Crippen LogP contribution >= 0.6 is 0 Å². The molecule has 1 aliphatic heterocycles. The molecular weight excluding hydrogens is 286 g/mol. The molecule has 2 unspecified atom stereocenters. The van der Waals surface area contributed by atoms with E-state index < -0.39 is 0 Å². The Kier molecular flexibility index (Phi) is 8.03. The molecule has 0 saturated carbocycles. The number of hydrogen-bond donors (Lipinski definition) is 2. The summed E-state index contributed by atoms with van der Waals surface area (Å²) in [7, 11) is 0. The molecule has 130 valence electrons. The summed E-state index contributed by atoms with van der Waals surface area (Å²) in [6.45, 7) is 13.9. The quantitative estimate of drug-likeness (QED) is 0.685. The van der Waals surface area contributed by atoms with E-state index in [1.807, 2.05) is 0 Å². The summed E-state index contributed by atoms with van der Waals surface area (Å²) in [5.74, 6) is 1.03. The SMILES string of the molecule is CC(C)COC(NCc1ccccc1)C(C)CN1CCNCC1. The van der Waals surface area contributed by atoms with Crippen molar-refractivity contribution in [3.8, 4) is 0 Å². The lowest BCUT2D eigenvalue weighted by molar-refractivity contribution is -0.0287. The van der Waals surface area contributed by atoms with Gasteiger partial charge in [0.1, 0.15) is 6.23 Å². The zero-order valence-electron chi connectivity index (χ0n) is 14.9. The van der Waals surface area contributed by atoms with Crippen molar-refractivity contribution >= 4 is 0 Å². The molecule has 2 atom stereocenters. The zero-order valence-corrected chi connectivity index (χ0v) is 14.9. The van der Waals surface area contributed by atoms with E-state index in [1.54, 1.807) is 0 Å². The second-order valence-corrected chi connectivity index (χ2v) is 7.04. The Hall–Kier alpha value is -0.940. The van der Waals surface area contributed by atoms with Crippen LogP contribution in [0.4, 0.5) is 0 Å². The van der Waals surface area contributed by atoms with Gasteiger partial charge >= 0.3 is 0 Å². The third kappa shape index (κ3) is 7.00. The summed E-state index contributed by atoms with van der Waals surface area (Å²) in [5.41, 5.74) is 1.31. The summed E-state index contributed by atoms with van der Waals surface area (Å²) in [6.07, 6.45) is 0.104. The molecule has 2 rings (SSSR count). The first-order valence-electron chi connectivity index (χ1n) is 8.97. The highest BCUT2D eigenvalue weighted by Gasteiger charge is 2.21. The molecule has 1 aromatic carbocycles. The summed E-state index contributed by atoms with van der Waals surface area (Å²) in [6, 6.07) is 10.6. The minimum atomic E-state index is 0.104. The maximum absolute atomic E-state index is 6.18. The van der Waals surface area contributed by atoms with E-state index >= 15 is 0 Å². The van der Waals surface area contributed by atoms with Crippen molar-refractivity contribution in [2.45, 2.75) is 33.5 Å². The molecule has 0 bridgehead atoms. The maximum Gasteiger partial charge on any atom is 0.112 e. The van der Waals surface area contributed by atoms with E-state index in [1.165, 1.54) is 5.56 Å². The highest BCUT2D eigenvalue weighted by atomic mass is 16.5. The highest BCUT2D eigenvalue weighted by molar-refractivity contribution is 5.14. The molecule has 1 heterocycles. The summed E-state index contributed by atoms with van der Waals surface area (Å²) >= 11 is 0. The molecule has 4 heteroatoms. The number of hydrogen-bond acceptors (Lipinski definition) is 4. The highest BCUT2D eigenvalue weighted by Crippen LogP contribution is 2.11. The Labute approximate surface area is 141 Å². The Balaban J connectivity index is 1.86. The number of piperazine rings is 1. The standard InChI is InChI=1S/C19H33N3O/c1-16(2)15-23-19(21-13-18-7-5-4-6-8-18)17(3)14-22-11-9-20-10-12-22/h4-8,16-17,19-21H,9-15H2,1-3H3. The van der Waals surface area contributed by atoms with Gasteiger partial charge in [-0.25, -0.2) is 0 Å². The van der Waals surface area contributed by atoms with Gasteiger partial charge < -0.3 is 15.0 Å². The average molecular weight is 319 g/mol. The van der Waals surface area contributed by atoms with E-state index in [2.05, 4.69) is 66.6 Å². The van der Waals surface area contributed by atoms with Gasteiger partial charge in [-0.15, -0.1) is 0 Å². The van der Waals surface area contributed by atoms with Gasteiger partial charge in [-0.2, -0.15) is 0 Å². The van der Waals surface area contributed by atoms with Gasteiger partial charge in [0.25, 0.3) is 0 Å². The molecule has 1 fully saturated rings. The predicted molar refractivity (Wildman–Crippen MR) is 96.3 cm³/mol. The van der Waals surface area contributed by atoms with Crippen molar-refractivity contribution in [1.29, 1.82) is 0 Å². The van der Waals surface area contributed by atoms with Gasteiger partial charge in [-0.1, -0.05) is 51.1 Å². The number of benzene rings is 1. The summed E-state index contributed by atoms with van der Waals surface area (Å²) in [4.78, 5) is 2.54. The number of nitrogens with one attached hydrogen (secondary N) is 2. The molecule has 1 aliphatic rings. The van der Waals surface area contributed by atoms with E-state index in [9.17, 15) is 0 Å². The van der Waals surface area contributed by atoms with Gasteiger partial charge in [-0.3, -0.25) is 5.32 Å². The molecule has 0 spiro atoms. The van der Waals surface area contributed by atoms with Crippen LogP contribution in [0.15, 0.2) is 30.3 Å². The van der Waals surface area contributed by atoms with E-state index in [4.69, 9.17) is 4.74 Å². The second-order valence-electron chi connectivity index (χ2n) is 7.04. The fourth-order valence-corrected chi connectivity index (χ4v) is 2.93. The second kappa shape index (κ2) is 10.0. The van der Waals surface area contributed by atoms with Crippen molar-refractivity contribution in [3.05, 3.63) is 35.9 Å². The minimum absolute atomic E-state index is 0.104. The Morgan fingerprint density at radius 3 is 2.48 bits per heavy atom. The maximum atomic E-state index is 6.18. The van der Waals surface area contributed by atoms with Crippen LogP contribution in [0.1, 0.15) is 26.3 Å². The Morgan fingerprint density at radius 2 is 1.83 bits per heavy atom. The summed E-state index contributed by atoms with van der Waals surface area (Å²) in [5, 5.41) is 7.03. The van der Waals surface area contributed by atoms with Crippen LogP contribution in [-0.2, 0) is 11.3 Å².